The molecule has 0 aliphatic carbocycles. The molecule has 3 nitrogen and oxygen atoms in total. The SMILES string of the molecule is CCC(c1ccc(F)cn1)N1CCCC(CNC(C)C)C1. The summed E-state index contributed by atoms with van der Waals surface area (Å²) in [6.07, 6.45) is 4.88. The van der Waals surface area contributed by atoms with Crippen LogP contribution in [0.1, 0.15) is 51.8 Å². The summed E-state index contributed by atoms with van der Waals surface area (Å²) in [6, 6.07) is 4.21. The van der Waals surface area contributed by atoms with Gasteiger partial charge in [-0.15, -0.1) is 0 Å². The highest BCUT2D eigenvalue weighted by molar-refractivity contribution is 5.10. The van der Waals surface area contributed by atoms with Gasteiger partial charge in [-0.1, -0.05) is 20.8 Å². The van der Waals surface area contributed by atoms with Crippen LogP contribution in [-0.4, -0.2) is 35.6 Å². The van der Waals surface area contributed by atoms with E-state index in [1.165, 1.54) is 25.1 Å². The maximum atomic E-state index is 13.0. The number of piperidine rings is 1. The molecule has 1 aliphatic rings. The zero-order chi connectivity index (χ0) is 15.2. The zero-order valence-electron chi connectivity index (χ0n) is 13.5. The summed E-state index contributed by atoms with van der Waals surface area (Å²) >= 11 is 0. The van der Waals surface area contributed by atoms with Crippen molar-refractivity contribution in [2.24, 2.45) is 5.92 Å². The van der Waals surface area contributed by atoms with Gasteiger partial charge < -0.3 is 5.32 Å². The molecule has 0 aromatic carbocycles. The van der Waals surface area contributed by atoms with Crippen molar-refractivity contribution in [3.05, 3.63) is 29.8 Å². The maximum Gasteiger partial charge on any atom is 0.141 e. The Labute approximate surface area is 127 Å². The van der Waals surface area contributed by atoms with Crippen molar-refractivity contribution in [1.29, 1.82) is 0 Å². The Morgan fingerprint density at radius 3 is 2.86 bits per heavy atom. The second-order valence-electron chi connectivity index (χ2n) is 6.39. The number of hydrogen-bond donors (Lipinski definition) is 1. The van der Waals surface area contributed by atoms with Crippen molar-refractivity contribution < 1.29 is 4.39 Å². The molecule has 2 heterocycles. The molecule has 21 heavy (non-hydrogen) atoms. The van der Waals surface area contributed by atoms with E-state index >= 15 is 0 Å². The maximum absolute atomic E-state index is 13.0. The van der Waals surface area contributed by atoms with Crippen LogP contribution >= 0.6 is 0 Å². The second-order valence-corrected chi connectivity index (χ2v) is 6.39. The Morgan fingerprint density at radius 1 is 1.43 bits per heavy atom. The molecule has 0 bridgehead atoms. The van der Waals surface area contributed by atoms with Crippen LogP contribution in [0.25, 0.3) is 0 Å². The van der Waals surface area contributed by atoms with Gasteiger partial charge in [-0.05, 0) is 50.4 Å². The molecule has 1 saturated heterocycles. The first-order chi connectivity index (χ1) is 10.1. The zero-order valence-corrected chi connectivity index (χ0v) is 13.5. The summed E-state index contributed by atoms with van der Waals surface area (Å²) in [4.78, 5) is 6.82. The van der Waals surface area contributed by atoms with Crippen molar-refractivity contribution in [3.63, 3.8) is 0 Å². The van der Waals surface area contributed by atoms with E-state index < -0.39 is 0 Å². The molecule has 0 spiro atoms. The van der Waals surface area contributed by atoms with Crippen LogP contribution in [0.3, 0.4) is 0 Å². The standard InChI is InChI=1S/C17H28FN3/c1-4-17(16-8-7-15(18)11-20-16)21-9-5-6-14(12-21)10-19-13(2)3/h7-8,11,13-14,17,19H,4-6,9-10,12H2,1-3H3. The van der Waals surface area contributed by atoms with Crippen LogP contribution in [0.4, 0.5) is 4.39 Å². The third-order valence-electron chi connectivity index (χ3n) is 4.28. The molecular formula is C17H28FN3. The van der Waals surface area contributed by atoms with Gasteiger partial charge in [0.25, 0.3) is 0 Å². The number of aromatic nitrogens is 1. The number of nitrogens with zero attached hydrogens (tertiary/aromatic N) is 2. The minimum absolute atomic E-state index is 0.258. The Kier molecular flexibility index (Phi) is 6.12. The smallest absolute Gasteiger partial charge is 0.141 e. The van der Waals surface area contributed by atoms with Gasteiger partial charge in [-0.2, -0.15) is 0 Å². The van der Waals surface area contributed by atoms with Crippen molar-refractivity contribution in [2.45, 2.75) is 52.1 Å². The predicted octanol–water partition coefficient (Wildman–Crippen LogP) is 3.38. The quantitative estimate of drug-likeness (QED) is 0.871. The fourth-order valence-corrected chi connectivity index (χ4v) is 3.19. The summed E-state index contributed by atoms with van der Waals surface area (Å²) in [7, 11) is 0. The van der Waals surface area contributed by atoms with Gasteiger partial charge in [0.15, 0.2) is 0 Å². The predicted molar refractivity (Wildman–Crippen MR) is 84.7 cm³/mol. The fraction of sp³-hybridized carbons (Fsp3) is 0.706. The van der Waals surface area contributed by atoms with Gasteiger partial charge in [0.1, 0.15) is 5.82 Å². The first-order valence-electron chi connectivity index (χ1n) is 8.19. The Bertz CT molecular complexity index is 419. The normalized spacial score (nSPS) is 21.7. The molecule has 1 aliphatic heterocycles. The molecule has 118 valence electrons. The van der Waals surface area contributed by atoms with Crippen molar-refractivity contribution in [2.75, 3.05) is 19.6 Å². The lowest BCUT2D eigenvalue weighted by atomic mass is 9.95. The highest BCUT2D eigenvalue weighted by atomic mass is 19.1. The van der Waals surface area contributed by atoms with Gasteiger partial charge in [-0.25, -0.2) is 4.39 Å². The highest BCUT2D eigenvalue weighted by Crippen LogP contribution is 2.28. The van der Waals surface area contributed by atoms with Gasteiger partial charge in [0.2, 0.25) is 0 Å². The monoisotopic (exact) mass is 293 g/mol. The largest absolute Gasteiger partial charge is 0.314 e. The van der Waals surface area contributed by atoms with Crippen LogP contribution in [0.5, 0.6) is 0 Å². The molecule has 0 saturated carbocycles. The third kappa shape index (κ3) is 4.75. The minimum Gasteiger partial charge on any atom is -0.314 e. The second kappa shape index (κ2) is 7.85. The van der Waals surface area contributed by atoms with E-state index in [0.29, 0.717) is 18.0 Å². The molecule has 0 amide bonds. The number of pyridine rings is 1. The number of likely N-dealkylation sites (tertiary alicyclic amines) is 1. The highest BCUT2D eigenvalue weighted by Gasteiger charge is 2.26. The Hall–Kier alpha value is -1.00. The molecular weight excluding hydrogens is 265 g/mol. The molecule has 0 radical (unpaired) electrons. The molecule has 4 heteroatoms. The van der Waals surface area contributed by atoms with Crippen LogP contribution in [0, 0.1) is 11.7 Å². The summed E-state index contributed by atoms with van der Waals surface area (Å²) < 4.78 is 13.0. The molecule has 1 aromatic heterocycles. The van der Waals surface area contributed by atoms with Gasteiger partial charge in [-0.3, -0.25) is 9.88 Å². The topological polar surface area (TPSA) is 28.2 Å². The molecule has 1 N–H and O–H groups in total. The van der Waals surface area contributed by atoms with E-state index in [-0.39, 0.29) is 5.82 Å². The van der Waals surface area contributed by atoms with Crippen molar-refractivity contribution in [3.8, 4) is 0 Å². The first-order valence-corrected chi connectivity index (χ1v) is 8.19. The van der Waals surface area contributed by atoms with E-state index in [0.717, 1.165) is 31.7 Å². The lowest BCUT2D eigenvalue weighted by Crippen LogP contribution is -2.42. The van der Waals surface area contributed by atoms with E-state index in [9.17, 15) is 4.39 Å². The van der Waals surface area contributed by atoms with Gasteiger partial charge >= 0.3 is 0 Å². The number of halogens is 1. The van der Waals surface area contributed by atoms with Gasteiger partial charge in [0.05, 0.1) is 17.9 Å². The van der Waals surface area contributed by atoms with Crippen molar-refractivity contribution >= 4 is 0 Å². The Morgan fingerprint density at radius 2 is 2.24 bits per heavy atom. The van der Waals surface area contributed by atoms with Crippen LogP contribution in [-0.2, 0) is 0 Å². The van der Waals surface area contributed by atoms with Gasteiger partial charge in [0, 0.05) is 12.6 Å². The molecule has 2 rings (SSSR count). The molecule has 1 aromatic rings. The molecule has 2 unspecified atom stereocenters. The van der Waals surface area contributed by atoms with Crippen LogP contribution < -0.4 is 5.32 Å². The first kappa shape index (κ1) is 16.4. The van der Waals surface area contributed by atoms with Crippen LogP contribution in [0.15, 0.2) is 18.3 Å². The van der Waals surface area contributed by atoms with E-state index in [1.54, 1.807) is 0 Å². The minimum atomic E-state index is -0.258. The average Bonchev–Trinajstić information content (AvgIpc) is 2.48. The third-order valence-corrected chi connectivity index (χ3v) is 4.28. The lowest BCUT2D eigenvalue weighted by Gasteiger charge is -2.38. The fourth-order valence-electron chi connectivity index (χ4n) is 3.19. The number of rotatable bonds is 6. The summed E-state index contributed by atoms with van der Waals surface area (Å²) in [5, 5.41) is 3.55. The lowest BCUT2D eigenvalue weighted by molar-refractivity contribution is 0.115. The number of nitrogens with one attached hydrogen (secondary N) is 1. The summed E-state index contributed by atoms with van der Waals surface area (Å²) in [5.74, 6) is 0.446. The average molecular weight is 293 g/mol. The molecule has 1 fully saturated rings. The van der Waals surface area contributed by atoms with Crippen molar-refractivity contribution in [1.82, 2.24) is 15.2 Å². The van der Waals surface area contributed by atoms with E-state index in [1.807, 2.05) is 6.07 Å². The number of hydrogen-bond acceptors (Lipinski definition) is 3. The van der Waals surface area contributed by atoms with E-state index in [2.05, 4.69) is 36.0 Å². The molecule has 2 atom stereocenters. The van der Waals surface area contributed by atoms with Crippen LogP contribution in [0.2, 0.25) is 0 Å². The summed E-state index contributed by atoms with van der Waals surface area (Å²) in [6.45, 7) is 9.88. The Balaban J connectivity index is 1.99. The summed E-state index contributed by atoms with van der Waals surface area (Å²) in [5.41, 5.74) is 0.997. The van der Waals surface area contributed by atoms with E-state index in [4.69, 9.17) is 0 Å².